The van der Waals surface area contributed by atoms with Crippen molar-refractivity contribution in [2.24, 2.45) is 0 Å². The first-order chi connectivity index (χ1) is 8.49. The SMILES string of the molecule is CCOC(=O)Cc1cc(O)c(C(F)F)nc1CCl. The average molecular weight is 280 g/mol. The molecule has 0 fully saturated rings. The van der Waals surface area contributed by atoms with Gasteiger partial charge in [-0.05, 0) is 18.6 Å². The summed E-state index contributed by atoms with van der Waals surface area (Å²) in [5.41, 5.74) is -0.318. The lowest BCUT2D eigenvalue weighted by molar-refractivity contribution is -0.142. The van der Waals surface area contributed by atoms with Gasteiger partial charge in [-0.25, -0.2) is 13.8 Å². The van der Waals surface area contributed by atoms with Crippen molar-refractivity contribution >= 4 is 17.6 Å². The van der Waals surface area contributed by atoms with Crippen LogP contribution in [0.1, 0.15) is 30.3 Å². The molecule has 0 saturated heterocycles. The van der Waals surface area contributed by atoms with E-state index in [4.69, 9.17) is 16.3 Å². The highest BCUT2D eigenvalue weighted by molar-refractivity contribution is 6.17. The minimum absolute atomic E-state index is 0.130. The Labute approximate surface area is 108 Å². The van der Waals surface area contributed by atoms with Crippen LogP contribution in [0.2, 0.25) is 0 Å². The van der Waals surface area contributed by atoms with Crippen LogP contribution in [0.25, 0.3) is 0 Å². The monoisotopic (exact) mass is 279 g/mol. The normalized spacial score (nSPS) is 10.7. The number of hydrogen-bond acceptors (Lipinski definition) is 4. The Hall–Kier alpha value is -1.43. The van der Waals surface area contributed by atoms with Crippen molar-refractivity contribution in [3.63, 3.8) is 0 Å². The lowest BCUT2D eigenvalue weighted by Crippen LogP contribution is -2.10. The van der Waals surface area contributed by atoms with Crippen molar-refractivity contribution in [3.05, 3.63) is 23.0 Å². The molecule has 0 amide bonds. The van der Waals surface area contributed by atoms with Crippen LogP contribution in [-0.2, 0) is 21.8 Å². The number of pyridine rings is 1. The highest BCUT2D eigenvalue weighted by Gasteiger charge is 2.19. The molecule has 0 aromatic carbocycles. The summed E-state index contributed by atoms with van der Waals surface area (Å²) < 4.78 is 29.7. The Morgan fingerprint density at radius 2 is 2.28 bits per heavy atom. The minimum Gasteiger partial charge on any atom is -0.506 e. The van der Waals surface area contributed by atoms with E-state index in [0.717, 1.165) is 6.07 Å². The van der Waals surface area contributed by atoms with Gasteiger partial charge >= 0.3 is 5.97 Å². The zero-order chi connectivity index (χ0) is 13.7. The lowest BCUT2D eigenvalue weighted by Gasteiger charge is -2.10. The average Bonchev–Trinajstić information content (AvgIpc) is 2.29. The van der Waals surface area contributed by atoms with E-state index in [1.165, 1.54) is 0 Å². The molecule has 0 bridgehead atoms. The summed E-state index contributed by atoms with van der Waals surface area (Å²) in [5.74, 6) is -1.32. The summed E-state index contributed by atoms with van der Waals surface area (Å²) >= 11 is 5.58. The number of halogens is 3. The maximum Gasteiger partial charge on any atom is 0.310 e. The molecule has 1 N–H and O–H groups in total. The van der Waals surface area contributed by atoms with Crippen molar-refractivity contribution < 1.29 is 23.4 Å². The molecule has 0 unspecified atom stereocenters. The molecule has 0 aliphatic heterocycles. The summed E-state index contributed by atoms with van der Waals surface area (Å²) in [5, 5.41) is 9.39. The van der Waals surface area contributed by atoms with Gasteiger partial charge in [0.1, 0.15) is 11.4 Å². The molecule has 1 rings (SSSR count). The van der Waals surface area contributed by atoms with Gasteiger partial charge in [0.2, 0.25) is 0 Å². The van der Waals surface area contributed by atoms with E-state index < -0.39 is 23.8 Å². The number of nitrogens with zero attached hydrogens (tertiary/aromatic N) is 1. The smallest absolute Gasteiger partial charge is 0.310 e. The van der Waals surface area contributed by atoms with Gasteiger partial charge in [0.15, 0.2) is 0 Å². The van der Waals surface area contributed by atoms with Crippen LogP contribution in [0.3, 0.4) is 0 Å². The maximum absolute atomic E-state index is 12.5. The van der Waals surface area contributed by atoms with Crippen LogP contribution >= 0.6 is 11.6 Å². The summed E-state index contributed by atoms with van der Waals surface area (Å²) in [4.78, 5) is 14.9. The number of esters is 1. The molecule has 0 aliphatic carbocycles. The van der Waals surface area contributed by atoms with Crippen molar-refractivity contribution in [2.45, 2.75) is 25.7 Å². The molecule has 0 spiro atoms. The predicted octanol–water partition coefficient (Wildman–Crippen LogP) is 2.57. The first-order valence-electron chi connectivity index (χ1n) is 5.21. The molecule has 0 aliphatic rings. The number of aromatic nitrogens is 1. The molecular weight excluding hydrogens is 268 g/mol. The van der Waals surface area contributed by atoms with Crippen molar-refractivity contribution in [2.75, 3.05) is 6.61 Å². The van der Waals surface area contributed by atoms with Gasteiger partial charge in [0.25, 0.3) is 6.43 Å². The summed E-state index contributed by atoms with van der Waals surface area (Å²) in [6.07, 6.45) is -3.07. The second kappa shape index (κ2) is 6.49. The second-order valence-corrected chi connectivity index (χ2v) is 3.68. The van der Waals surface area contributed by atoms with Crippen LogP contribution in [-0.4, -0.2) is 22.7 Å². The molecule has 0 atom stereocenters. The molecule has 100 valence electrons. The van der Waals surface area contributed by atoms with Crippen LogP contribution in [0, 0.1) is 0 Å². The number of hydrogen-bond donors (Lipinski definition) is 1. The predicted molar refractivity (Wildman–Crippen MR) is 60.8 cm³/mol. The first-order valence-corrected chi connectivity index (χ1v) is 5.74. The van der Waals surface area contributed by atoms with Gasteiger partial charge in [0.05, 0.1) is 24.6 Å². The standard InChI is InChI=1S/C11H12ClF2NO3/c1-2-18-9(17)4-6-3-8(16)10(11(13)14)15-7(6)5-12/h3,11,16H,2,4-5H2,1H3. The summed E-state index contributed by atoms with van der Waals surface area (Å²) in [6.45, 7) is 1.86. The van der Waals surface area contributed by atoms with Gasteiger partial charge in [0, 0.05) is 0 Å². The zero-order valence-electron chi connectivity index (χ0n) is 9.62. The van der Waals surface area contributed by atoms with E-state index in [0.29, 0.717) is 0 Å². The lowest BCUT2D eigenvalue weighted by atomic mass is 10.1. The molecule has 1 heterocycles. The summed E-state index contributed by atoms with van der Waals surface area (Å²) in [6, 6.07) is 1.07. The van der Waals surface area contributed by atoms with E-state index in [-0.39, 0.29) is 30.2 Å². The maximum atomic E-state index is 12.5. The number of aromatic hydroxyl groups is 1. The van der Waals surface area contributed by atoms with Gasteiger partial charge in [-0.3, -0.25) is 4.79 Å². The van der Waals surface area contributed by atoms with Crippen molar-refractivity contribution in [3.8, 4) is 5.75 Å². The molecule has 18 heavy (non-hydrogen) atoms. The Morgan fingerprint density at radius 1 is 1.61 bits per heavy atom. The van der Waals surface area contributed by atoms with E-state index in [2.05, 4.69) is 4.98 Å². The molecule has 7 heteroatoms. The van der Waals surface area contributed by atoms with Crippen LogP contribution < -0.4 is 0 Å². The van der Waals surface area contributed by atoms with Crippen molar-refractivity contribution in [1.82, 2.24) is 4.98 Å². The number of carbonyl (C=O) groups is 1. The molecule has 1 aromatic heterocycles. The molecular formula is C11H12ClF2NO3. The molecule has 1 aromatic rings. The first kappa shape index (κ1) is 14.6. The Morgan fingerprint density at radius 3 is 2.78 bits per heavy atom. The quantitative estimate of drug-likeness (QED) is 0.665. The second-order valence-electron chi connectivity index (χ2n) is 3.41. The largest absolute Gasteiger partial charge is 0.506 e. The van der Waals surface area contributed by atoms with Gasteiger partial charge in [-0.15, -0.1) is 11.6 Å². The highest BCUT2D eigenvalue weighted by atomic mass is 35.5. The Bertz CT molecular complexity index is 441. The van der Waals surface area contributed by atoms with E-state index in [9.17, 15) is 18.7 Å². The Kier molecular flexibility index (Phi) is 5.27. The highest BCUT2D eigenvalue weighted by Crippen LogP contribution is 2.29. The van der Waals surface area contributed by atoms with E-state index in [1.807, 2.05) is 0 Å². The van der Waals surface area contributed by atoms with Crippen LogP contribution in [0.5, 0.6) is 5.75 Å². The van der Waals surface area contributed by atoms with Crippen LogP contribution in [0.4, 0.5) is 8.78 Å². The summed E-state index contributed by atoms with van der Waals surface area (Å²) in [7, 11) is 0. The molecule has 4 nitrogen and oxygen atoms in total. The van der Waals surface area contributed by atoms with Gasteiger partial charge in [-0.1, -0.05) is 0 Å². The fourth-order valence-corrected chi connectivity index (χ4v) is 1.63. The molecule has 0 radical (unpaired) electrons. The number of rotatable bonds is 5. The fourth-order valence-electron chi connectivity index (χ4n) is 1.39. The zero-order valence-corrected chi connectivity index (χ0v) is 10.4. The van der Waals surface area contributed by atoms with E-state index in [1.54, 1.807) is 6.92 Å². The third-order valence-corrected chi connectivity index (χ3v) is 2.43. The van der Waals surface area contributed by atoms with Gasteiger partial charge < -0.3 is 9.84 Å². The number of carbonyl (C=O) groups excluding carboxylic acids is 1. The topological polar surface area (TPSA) is 59.4 Å². The fraction of sp³-hybridized carbons (Fsp3) is 0.455. The number of alkyl halides is 3. The van der Waals surface area contributed by atoms with Gasteiger partial charge in [-0.2, -0.15) is 0 Å². The third kappa shape index (κ3) is 3.53. The molecule has 0 saturated carbocycles. The Balaban J connectivity index is 3.05. The van der Waals surface area contributed by atoms with E-state index >= 15 is 0 Å². The van der Waals surface area contributed by atoms with Crippen LogP contribution in [0.15, 0.2) is 6.07 Å². The minimum atomic E-state index is -2.90. The third-order valence-electron chi connectivity index (χ3n) is 2.17. The number of ether oxygens (including phenoxy) is 1. The van der Waals surface area contributed by atoms with Crippen molar-refractivity contribution in [1.29, 1.82) is 0 Å².